The molecule has 4 nitrogen and oxygen atoms in total. The minimum atomic E-state index is -0.368. The van der Waals surface area contributed by atoms with Crippen molar-refractivity contribution < 1.29 is 19.0 Å². The maximum absolute atomic E-state index is 11.4. The van der Waals surface area contributed by atoms with E-state index < -0.39 is 0 Å². The normalized spacial score (nSPS) is 11.8. The number of carbonyl (C=O) groups excluding carboxylic acids is 1. The van der Waals surface area contributed by atoms with Gasteiger partial charge in [0, 0.05) is 13.2 Å². The predicted octanol–water partition coefficient (Wildman–Crippen LogP) is 2.85. The highest BCUT2D eigenvalue weighted by Gasteiger charge is 2.02. The zero-order chi connectivity index (χ0) is 15.3. The van der Waals surface area contributed by atoms with Crippen LogP contribution in [-0.4, -0.2) is 39.5 Å². The molecule has 0 aliphatic carbocycles. The molecule has 0 N–H and O–H groups in total. The lowest BCUT2D eigenvalue weighted by Crippen LogP contribution is -2.09. The molecule has 1 aromatic rings. The molecule has 0 unspecified atom stereocenters. The van der Waals surface area contributed by atoms with E-state index >= 15 is 0 Å². The van der Waals surface area contributed by atoms with E-state index in [4.69, 9.17) is 14.2 Å². The Morgan fingerprint density at radius 2 is 1.95 bits per heavy atom. The number of rotatable bonds is 9. The average Bonchev–Trinajstić information content (AvgIpc) is 2.48. The van der Waals surface area contributed by atoms with Crippen LogP contribution < -0.4 is 0 Å². The zero-order valence-corrected chi connectivity index (χ0v) is 12.6. The lowest BCUT2D eigenvalue weighted by Gasteiger charge is -2.06. The Bertz CT molecular complexity index is 463. The van der Waals surface area contributed by atoms with E-state index in [9.17, 15) is 4.79 Å². The van der Waals surface area contributed by atoms with Gasteiger partial charge < -0.3 is 14.2 Å². The molecule has 114 valence electrons. The molecule has 21 heavy (non-hydrogen) atoms. The Balaban J connectivity index is 2.36. The van der Waals surface area contributed by atoms with Gasteiger partial charge in [0.05, 0.1) is 26.4 Å². The molecular formula is C17H22O4. The van der Waals surface area contributed by atoms with Crippen LogP contribution in [0.25, 0.3) is 6.08 Å². The molecular weight excluding hydrogens is 268 g/mol. The Hall–Kier alpha value is -1.91. The third-order valence-corrected chi connectivity index (χ3v) is 2.55. The average molecular weight is 290 g/mol. The molecule has 0 aromatic heterocycles. The standard InChI is InChI=1S/C17H22O4/c1-3-21-17(18)12-16(13-19-2)14-20-11-7-10-15-8-5-4-6-9-15/h4-10,12H,3,11,13-14H2,1-2H3/b10-7+,16-12-. The van der Waals surface area contributed by atoms with Gasteiger partial charge in [0.15, 0.2) is 0 Å². The molecule has 0 spiro atoms. The van der Waals surface area contributed by atoms with Crippen molar-refractivity contribution in [1.29, 1.82) is 0 Å². The minimum Gasteiger partial charge on any atom is -0.463 e. The molecule has 1 aromatic carbocycles. The van der Waals surface area contributed by atoms with Crippen LogP contribution in [0, 0.1) is 0 Å². The largest absolute Gasteiger partial charge is 0.463 e. The van der Waals surface area contributed by atoms with E-state index in [1.54, 1.807) is 14.0 Å². The van der Waals surface area contributed by atoms with Crippen LogP contribution in [0.15, 0.2) is 48.1 Å². The van der Waals surface area contributed by atoms with Crippen molar-refractivity contribution in [2.45, 2.75) is 6.92 Å². The summed E-state index contributed by atoms with van der Waals surface area (Å²) in [5, 5.41) is 0. The molecule has 0 heterocycles. The van der Waals surface area contributed by atoms with Crippen molar-refractivity contribution in [2.24, 2.45) is 0 Å². The van der Waals surface area contributed by atoms with Crippen LogP contribution in [0.3, 0.4) is 0 Å². The molecule has 0 aliphatic heterocycles. The van der Waals surface area contributed by atoms with Crippen LogP contribution in [0.5, 0.6) is 0 Å². The first-order valence-electron chi connectivity index (χ1n) is 6.90. The van der Waals surface area contributed by atoms with Gasteiger partial charge in [-0.2, -0.15) is 0 Å². The quantitative estimate of drug-likeness (QED) is 0.398. The number of methoxy groups -OCH3 is 1. The van der Waals surface area contributed by atoms with Crippen molar-refractivity contribution in [3.8, 4) is 0 Å². The van der Waals surface area contributed by atoms with Gasteiger partial charge in [-0.15, -0.1) is 0 Å². The molecule has 0 saturated heterocycles. The van der Waals surface area contributed by atoms with Gasteiger partial charge in [-0.1, -0.05) is 42.5 Å². The molecule has 0 fully saturated rings. The second-order valence-corrected chi connectivity index (χ2v) is 4.32. The minimum absolute atomic E-state index is 0.339. The number of ether oxygens (including phenoxy) is 3. The lowest BCUT2D eigenvalue weighted by atomic mass is 10.2. The molecule has 0 radical (unpaired) electrons. The summed E-state index contributed by atoms with van der Waals surface area (Å²) in [6, 6.07) is 9.99. The number of esters is 1. The van der Waals surface area contributed by atoms with E-state index in [-0.39, 0.29) is 5.97 Å². The monoisotopic (exact) mass is 290 g/mol. The summed E-state index contributed by atoms with van der Waals surface area (Å²) in [7, 11) is 1.58. The summed E-state index contributed by atoms with van der Waals surface area (Å²) in [5.41, 5.74) is 1.88. The van der Waals surface area contributed by atoms with Crippen LogP contribution in [0.4, 0.5) is 0 Å². The predicted molar refractivity (Wildman–Crippen MR) is 82.9 cm³/mol. The zero-order valence-electron chi connectivity index (χ0n) is 12.6. The lowest BCUT2D eigenvalue weighted by molar-refractivity contribution is -0.137. The fourth-order valence-electron chi connectivity index (χ4n) is 1.67. The third-order valence-electron chi connectivity index (χ3n) is 2.55. The highest BCUT2D eigenvalue weighted by molar-refractivity contribution is 5.82. The maximum atomic E-state index is 11.4. The van der Waals surface area contributed by atoms with Crippen LogP contribution in [-0.2, 0) is 19.0 Å². The van der Waals surface area contributed by atoms with Crippen LogP contribution >= 0.6 is 0 Å². The van der Waals surface area contributed by atoms with Crippen molar-refractivity contribution in [3.05, 3.63) is 53.6 Å². The van der Waals surface area contributed by atoms with Gasteiger partial charge >= 0.3 is 5.97 Å². The first-order valence-corrected chi connectivity index (χ1v) is 6.90. The van der Waals surface area contributed by atoms with Crippen molar-refractivity contribution >= 4 is 12.0 Å². The number of benzene rings is 1. The summed E-state index contributed by atoms with van der Waals surface area (Å²) < 4.78 is 15.4. The molecule has 0 aliphatic rings. The SMILES string of the molecule is CCOC(=O)/C=C(/COC)COC/C=C/c1ccccc1. The smallest absolute Gasteiger partial charge is 0.330 e. The summed E-state index contributed by atoms with van der Waals surface area (Å²) >= 11 is 0. The van der Waals surface area contributed by atoms with Gasteiger partial charge in [-0.25, -0.2) is 4.79 Å². The second kappa shape index (κ2) is 10.8. The second-order valence-electron chi connectivity index (χ2n) is 4.32. The molecule has 0 saturated carbocycles. The van der Waals surface area contributed by atoms with Gasteiger partial charge in [0.1, 0.15) is 0 Å². The Morgan fingerprint density at radius 1 is 1.19 bits per heavy atom. The van der Waals surface area contributed by atoms with E-state index in [2.05, 4.69) is 0 Å². The van der Waals surface area contributed by atoms with Crippen molar-refractivity contribution in [3.63, 3.8) is 0 Å². The van der Waals surface area contributed by atoms with Gasteiger partial charge in [0.25, 0.3) is 0 Å². The summed E-state index contributed by atoms with van der Waals surface area (Å²) in [6.45, 7) is 3.29. The third kappa shape index (κ3) is 8.07. The van der Waals surface area contributed by atoms with Crippen LogP contribution in [0.1, 0.15) is 12.5 Å². The molecule has 1 rings (SSSR count). The first kappa shape index (κ1) is 17.1. The highest BCUT2D eigenvalue weighted by atomic mass is 16.5. The van der Waals surface area contributed by atoms with E-state index in [0.717, 1.165) is 11.1 Å². The highest BCUT2D eigenvalue weighted by Crippen LogP contribution is 2.02. The Morgan fingerprint density at radius 3 is 2.62 bits per heavy atom. The summed E-state index contributed by atoms with van der Waals surface area (Å²) in [4.78, 5) is 11.4. The summed E-state index contributed by atoms with van der Waals surface area (Å²) in [5.74, 6) is -0.368. The van der Waals surface area contributed by atoms with Crippen LogP contribution in [0.2, 0.25) is 0 Å². The Labute approximate surface area is 126 Å². The fraction of sp³-hybridized carbons (Fsp3) is 0.353. The van der Waals surface area contributed by atoms with Gasteiger partial charge in [-0.3, -0.25) is 0 Å². The maximum Gasteiger partial charge on any atom is 0.330 e. The molecule has 0 bridgehead atoms. The number of hydrogen-bond donors (Lipinski definition) is 0. The summed E-state index contributed by atoms with van der Waals surface area (Å²) in [6.07, 6.45) is 5.35. The molecule has 0 amide bonds. The van der Waals surface area contributed by atoms with E-state index in [0.29, 0.717) is 26.4 Å². The van der Waals surface area contributed by atoms with E-state index in [1.807, 2.05) is 42.5 Å². The number of carbonyl (C=O) groups is 1. The van der Waals surface area contributed by atoms with Gasteiger partial charge in [-0.05, 0) is 18.1 Å². The first-order chi connectivity index (χ1) is 10.3. The topological polar surface area (TPSA) is 44.8 Å². The van der Waals surface area contributed by atoms with Crippen molar-refractivity contribution in [1.82, 2.24) is 0 Å². The Kier molecular flexibility index (Phi) is 8.84. The van der Waals surface area contributed by atoms with Crippen molar-refractivity contribution in [2.75, 3.05) is 33.5 Å². The van der Waals surface area contributed by atoms with E-state index in [1.165, 1.54) is 6.08 Å². The van der Waals surface area contributed by atoms with Gasteiger partial charge in [0.2, 0.25) is 0 Å². The molecule has 4 heteroatoms. The number of hydrogen-bond acceptors (Lipinski definition) is 4. The molecule has 0 atom stereocenters. The fourth-order valence-corrected chi connectivity index (χ4v) is 1.67.